The van der Waals surface area contributed by atoms with Crippen LogP contribution in [0.4, 0.5) is 51.2 Å². The summed E-state index contributed by atoms with van der Waals surface area (Å²) in [5.41, 5.74) is 14.3. The van der Waals surface area contributed by atoms with Crippen molar-refractivity contribution < 1.29 is 0 Å². The topological polar surface area (TPSA) is 35.5 Å². The molecule has 0 spiro atoms. The Morgan fingerprint density at radius 2 is 0.542 bits per heavy atom. The third-order valence-corrected chi connectivity index (χ3v) is 10.3. The van der Waals surface area contributed by atoms with Crippen molar-refractivity contribution in [1.82, 2.24) is 9.97 Å². The van der Waals surface area contributed by atoms with Crippen LogP contribution in [0.5, 0.6) is 0 Å². The van der Waals surface area contributed by atoms with Crippen molar-refractivity contribution in [1.29, 1.82) is 0 Å². The minimum atomic E-state index is 0.696. The Kier molecular flexibility index (Phi) is 10.5. The van der Waals surface area contributed by atoms with Crippen LogP contribution in [0.25, 0.3) is 22.5 Å². The molecule has 8 aromatic carbocycles. The molecule has 5 heteroatoms. The van der Waals surface area contributed by atoms with E-state index in [1.54, 1.807) is 0 Å². The average Bonchev–Trinajstić information content (AvgIpc) is 3.28. The van der Waals surface area contributed by atoms with Gasteiger partial charge in [-0.25, -0.2) is 9.97 Å². The van der Waals surface area contributed by atoms with Crippen LogP contribution in [0.3, 0.4) is 0 Å². The molecule has 5 nitrogen and oxygen atoms in total. The monoisotopic (exact) mass is 761 g/mol. The largest absolute Gasteiger partial charge is 0.310 e. The summed E-state index contributed by atoms with van der Waals surface area (Å²) < 4.78 is 0. The summed E-state index contributed by atoms with van der Waals surface area (Å²) in [5, 5.41) is 0. The lowest BCUT2D eigenvalue weighted by atomic mass is 10.0. The van der Waals surface area contributed by atoms with Gasteiger partial charge in [0.1, 0.15) is 5.82 Å². The Morgan fingerprint density at radius 1 is 0.271 bits per heavy atom. The van der Waals surface area contributed by atoms with E-state index < -0.39 is 0 Å². The van der Waals surface area contributed by atoms with Gasteiger partial charge in [0.15, 0.2) is 0 Å². The van der Waals surface area contributed by atoms with Gasteiger partial charge in [0, 0.05) is 62.3 Å². The Balaban J connectivity index is 1.24. The first kappa shape index (κ1) is 36.9. The summed E-state index contributed by atoms with van der Waals surface area (Å²) in [4.78, 5) is 17.1. The van der Waals surface area contributed by atoms with E-state index in [1.807, 2.05) is 6.92 Å². The molecule has 0 unspecified atom stereocenters. The zero-order valence-corrected chi connectivity index (χ0v) is 33.1. The van der Waals surface area contributed by atoms with Gasteiger partial charge in [0.2, 0.25) is 0 Å². The van der Waals surface area contributed by atoms with Crippen LogP contribution in [-0.4, -0.2) is 9.97 Å². The van der Waals surface area contributed by atoms with Crippen LogP contribution in [0, 0.1) is 13.8 Å². The number of aromatic nitrogens is 2. The first-order valence-corrected chi connectivity index (χ1v) is 19.9. The number of benzene rings is 8. The SMILES string of the molecule is Cc1cc(-c2cc(-c3cc(N(c4ccccc4)c4ccccc4)cc(N(c4ccccc4)c4ccccc4)c3)nc(C)n2)cc(N(c2ccccc2)c2ccccc2)c1. The molecule has 0 aliphatic heterocycles. The molecular formula is C54H43N5. The smallest absolute Gasteiger partial charge is 0.126 e. The molecule has 0 radical (unpaired) electrons. The first-order valence-electron chi connectivity index (χ1n) is 19.9. The minimum absolute atomic E-state index is 0.696. The van der Waals surface area contributed by atoms with Crippen molar-refractivity contribution in [2.75, 3.05) is 14.7 Å². The van der Waals surface area contributed by atoms with Crippen molar-refractivity contribution >= 4 is 51.2 Å². The highest BCUT2D eigenvalue weighted by atomic mass is 15.2. The van der Waals surface area contributed by atoms with E-state index in [1.165, 1.54) is 0 Å². The molecule has 0 N–H and O–H groups in total. The molecular weight excluding hydrogens is 719 g/mol. The van der Waals surface area contributed by atoms with Crippen LogP contribution in [0.15, 0.2) is 224 Å². The second-order valence-corrected chi connectivity index (χ2v) is 14.5. The van der Waals surface area contributed by atoms with Gasteiger partial charge in [-0.05, 0) is 135 Å². The standard InChI is InChI=1S/C54H43N5/c1-40-33-42(35-50(34-40)57(44-21-9-3-10-22-44)45-23-11-4-12-24-45)53-39-54(56-41(2)55-53)43-36-51(58(46-25-13-5-14-26-46)47-27-15-6-16-28-47)38-52(37-43)59(48-29-17-7-18-30-48)49-31-19-8-20-32-49/h3-39H,1-2H3. The molecule has 1 heterocycles. The third kappa shape index (κ3) is 8.09. The van der Waals surface area contributed by atoms with Gasteiger partial charge in [-0.2, -0.15) is 0 Å². The summed E-state index contributed by atoms with van der Waals surface area (Å²) in [6, 6.07) is 78.8. The molecule has 1 aromatic heterocycles. The Bertz CT molecular complexity index is 2560. The molecule has 0 atom stereocenters. The van der Waals surface area contributed by atoms with Gasteiger partial charge in [-0.1, -0.05) is 109 Å². The fourth-order valence-electron chi connectivity index (χ4n) is 7.71. The van der Waals surface area contributed by atoms with E-state index >= 15 is 0 Å². The molecule has 0 aliphatic carbocycles. The summed E-state index contributed by atoms with van der Waals surface area (Å²) in [6.45, 7) is 4.13. The Labute approximate surface area is 346 Å². The number of para-hydroxylation sites is 6. The summed E-state index contributed by atoms with van der Waals surface area (Å²) in [5.74, 6) is 0.696. The van der Waals surface area contributed by atoms with Crippen molar-refractivity contribution in [3.8, 4) is 22.5 Å². The molecule has 9 aromatic rings. The fraction of sp³-hybridized carbons (Fsp3) is 0.0370. The lowest BCUT2D eigenvalue weighted by Crippen LogP contribution is -2.13. The Morgan fingerprint density at radius 3 is 0.847 bits per heavy atom. The van der Waals surface area contributed by atoms with Crippen molar-refractivity contribution in [2.24, 2.45) is 0 Å². The maximum Gasteiger partial charge on any atom is 0.126 e. The number of rotatable bonds is 11. The maximum atomic E-state index is 5.14. The highest BCUT2D eigenvalue weighted by Crippen LogP contribution is 2.43. The van der Waals surface area contributed by atoms with Crippen LogP contribution >= 0.6 is 0 Å². The summed E-state index contributed by atoms with van der Waals surface area (Å²) in [7, 11) is 0. The van der Waals surface area contributed by atoms with Crippen molar-refractivity contribution in [2.45, 2.75) is 13.8 Å². The molecule has 0 saturated carbocycles. The minimum Gasteiger partial charge on any atom is -0.310 e. The van der Waals surface area contributed by atoms with Gasteiger partial charge in [-0.15, -0.1) is 0 Å². The van der Waals surface area contributed by atoms with E-state index in [9.17, 15) is 0 Å². The van der Waals surface area contributed by atoms with Crippen LogP contribution < -0.4 is 14.7 Å². The quantitative estimate of drug-likeness (QED) is 0.131. The fourth-order valence-corrected chi connectivity index (χ4v) is 7.71. The Hall–Kier alpha value is -7.76. The normalized spacial score (nSPS) is 10.9. The van der Waals surface area contributed by atoms with E-state index in [0.29, 0.717) is 5.82 Å². The molecule has 0 aliphatic rings. The van der Waals surface area contributed by atoms with Gasteiger partial charge < -0.3 is 14.7 Å². The number of nitrogens with zero attached hydrogens (tertiary/aromatic N) is 5. The molecule has 0 amide bonds. The zero-order chi connectivity index (χ0) is 40.0. The highest BCUT2D eigenvalue weighted by Gasteiger charge is 2.21. The van der Waals surface area contributed by atoms with Crippen LogP contribution in [0.1, 0.15) is 11.4 Å². The van der Waals surface area contributed by atoms with Crippen molar-refractivity contribution in [3.05, 3.63) is 236 Å². The van der Waals surface area contributed by atoms with Crippen LogP contribution in [0.2, 0.25) is 0 Å². The van der Waals surface area contributed by atoms with Gasteiger partial charge in [0.05, 0.1) is 11.4 Å². The number of hydrogen-bond acceptors (Lipinski definition) is 5. The number of hydrogen-bond donors (Lipinski definition) is 0. The van der Waals surface area contributed by atoms with E-state index in [0.717, 1.165) is 79.3 Å². The first-order chi connectivity index (χ1) is 29.1. The maximum absolute atomic E-state index is 5.14. The second-order valence-electron chi connectivity index (χ2n) is 14.5. The lowest BCUT2D eigenvalue weighted by Gasteiger charge is -2.30. The second kappa shape index (κ2) is 16.8. The zero-order valence-electron chi connectivity index (χ0n) is 33.1. The van der Waals surface area contributed by atoms with Gasteiger partial charge >= 0.3 is 0 Å². The lowest BCUT2D eigenvalue weighted by molar-refractivity contribution is 1.06. The van der Waals surface area contributed by atoms with Crippen LogP contribution in [-0.2, 0) is 0 Å². The van der Waals surface area contributed by atoms with Gasteiger partial charge in [0.25, 0.3) is 0 Å². The molecule has 9 rings (SSSR count). The highest BCUT2D eigenvalue weighted by molar-refractivity contribution is 5.88. The third-order valence-electron chi connectivity index (χ3n) is 10.3. The average molecular weight is 762 g/mol. The molecule has 0 bridgehead atoms. The number of anilines is 9. The summed E-state index contributed by atoms with van der Waals surface area (Å²) >= 11 is 0. The molecule has 284 valence electrons. The van der Waals surface area contributed by atoms with Gasteiger partial charge in [-0.3, -0.25) is 0 Å². The predicted octanol–water partition coefficient (Wildman–Crippen LogP) is 14.8. The van der Waals surface area contributed by atoms with E-state index in [2.05, 4.69) is 246 Å². The molecule has 0 fully saturated rings. The molecule has 59 heavy (non-hydrogen) atoms. The predicted molar refractivity (Wildman–Crippen MR) is 246 cm³/mol. The van der Waals surface area contributed by atoms with Crippen molar-refractivity contribution in [3.63, 3.8) is 0 Å². The van der Waals surface area contributed by atoms with E-state index in [-0.39, 0.29) is 0 Å². The molecule has 0 saturated heterocycles. The number of aryl methyl sites for hydroxylation is 2. The van der Waals surface area contributed by atoms with E-state index in [4.69, 9.17) is 9.97 Å². The summed E-state index contributed by atoms with van der Waals surface area (Å²) in [6.07, 6.45) is 0.